The van der Waals surface area contributed by atoms with Crippen molar-refractivity contribution in [2.45, 2.75) is 77.6 Å². The Labute approximate surface area is 198 Å². The molecule has 0 spiro atoms. The molecular formula is C24H34F6IP. The summed E-state index contributed by atoms with van der Waals surface area (Å²) in [6.45, 7) is 2.29. The average Bonchev–Trinajstić information content (AvgIpc) is 2.69. The van der Waals surface area contributed by atoms with Crippen LogP contribution in [0.5, 0.6) is 0 Å². The zero-order valence-corrected chi connectivity index (χ0v) is 21.6. The predicted octanol–water partition coefficient (Wildman–Crippen LogP) is 7.66. The molecule has 0 nitrogen and oxygen atoms in total. The zero-order chi connectivity index (χ0) is 24.0. The molecule has 0 saturated carbocycles. The van der Waals surface area contributed by atoms with Crippen molar-refractivity contribution in [3.05, 3.63) is 67.3 Å². The maximum absolute atomic E-state index is 10.7. The quantitative estimate of drug-likeness (QED) is 0.0968. The van der Waals surface area contributed by atoms with Crippen LogP contribution in [-0.4, -0.2) is 0 Å². The van der Waals surface area contributed by atoms with Gasteiger partial charge in [-0.25, -0.2) is 0 Å². The molecular weight excluding hydrogens is 560 g/mol. The van der Waals surface area contributed by atoms with Crippen LogP contribution in [0.3, 0.4) is 0 Å². The summed E-state index contributed by atoms with van der Waals surface area (Å²) in [5.74, 6) is 0. The third kappa shape index (κ3) is 21.0. The molecule has 0 amide bonds. The fraction of sp³-hybridized carbons (Fsp3) is 0.500. The summed E-state index contributed by atoms with van der Waals surface area (Å²) in [5, 5.41) is 0. The molecule has 0 aliphatic carbocycles. The van der Waals surface area contributed by atoms with E-state index < -0.39 is 7.81 Å². The molecule has 8 heteroatoms. The third-order valence-electron chi connectivity index (χ3n) is 4.68. The van der Waals surface area contributed by atoms with E-state index in [0.29, 0.717) is 0 Å². The van der Waals surface area contributed by atoms with Gasteiger partial charge in [0.2, 0.25) is 0 Å². The zero-order valence-electron chi connectivity index (χ0n) is 18.6. The number of hydrogen-bond donors (Lipinski definition) is 0. The Bertz CT molecular complexity index is 734. The van der Waals surface area contributed by atoms with Gasteiger partial charge in [0.25, 0.3) is 0 Å². The van der Waals surface area contributed by atoms with E-state index in [2.05, 4.69) is 61.5 Å². The summed E-state index contributed by atoms with van der Waals surface area (Å²) in [5.41, 5.74) is 1.51. The van der Waals surface area contributed by atoms with Crippen molar-refractivity contribution in [1.82, 2.24) is 0 Å². The van der Waals surface area contributed by atoms with Gasteiger partial charge in [0.15, 0.2) is 7.14 Å². The van der Waals surface area contributed by atoms with Crippen LogP contribution in [0.25, 0.3) is 0 Å². The summed E-state index contributed by atoms with van der Waals surface area (Å²) >= 11 is -0.0144. The van der Waals surface area contributed by atoms with Gasteiger partial charge in [-0.2, -0.15) is 0 Å². The molecule has 2 rings (SSSR count). The van der Waals surface area contributed by atoms with Crippen LogP contribution in [0.2, 0.25) is 0 Å². The fourth-order valence-electron chi connectivity index (χ4n) is 3.13. The number of hydrogen-bond acceptors (Lipinski definition) is 0. The van der Waals surface area contributed by atoms with E-state index in [1.165, 1.54) is 83.3 Å². The van der Waals surface area contributed by atoms with Gasteiger partial charge < -0.3 is 0 Å². The first kappa shape index (κ1) is 29.2. The van der Waals surface area contributed by atoms with Gasteiger partial charge in [-0.1, -0.05) is 95.0 Å². The fourth-order valence-corrected chi connectivity index (χ4v) is 5.35. The Morgan fingerprint density at radius 1 is 0.562 bits per heavy atom. The first-order valence-electron chi connectivity index (χ1n) is 11.2. The van der Waals surface area contributed by atoms with E-state index in [1.54, 1.807) is 0 Å². The molecule has 184 valence electrons. The molecule has 0 saturated heterocycles. The first-order valence-corrected chi connectivity index (χ1v) is 15.4. The molecule has 0 aliphatic heterocycles. The van der Waals surface area contributed by atoms with Gasteiger partial charge in [0, 0.05) is 0 Å². The molecule has 0 N–H and O–H groups in total. The van der Waals surface area contributed by atoms with Crippen molar-refractivity contribution >= 4 is 7.81 Å². The van der Waals surface area contributed by atoms with E-state index in [9.17, 15) is 25.2 Å². The molecule has 0 bridgehead atoms. The molecule has 32 heavy (non-hydrogen) atoms. The summed E-state index contributed by atoms with van der Waals surface area (Å²) in [6, 6.07) is 20.3. The first-order chi connectivity index (χ1) is 14.8. The predicted molar refractivity (Wildman–Crippen MR) is 119 cm³/mol. The van der Waals surface area contributed by atoms with Gasteiger partial charge in [-0.05, 0) is 42.7 Å². The van der Waals surface area contributed by atoms with E-state index in [4.69, 9.17) is 0 Å². The second-order valence-electron chi connectivity index (χ2n) is 7.91. The summed E-state index contributed by atoms with van der Waals surface area (Å²) in [4.78, 5) is 0. The van der Waals surface area contributed by atoms with Crippen LogP contribution in [0, 0.1) is 7.14 Å². The van der Waals surface area contributed by atoms with Crippen molar-refractivity contribution in [2.24, 2.45) is 0 Å². The van der Waals surface area contributed by atoms with E-state index in [0.717, 1.165) is 0 Å². The summed E-state index contributed by atoms with van der Waals surface area (Å²) in [6.07, 6.45) is 15.4. The van der Waals surface area contributed by atoms with E-state index in [1.807, 2.05) is 0 Å². The van der Waals surface area contributed by atoms with Gasteiger partial charge in [0.1, 0.15) is 0 Å². The SMILES string of the molecule is CCCCCCCCCCCCc1ccc([I+]c2ccccc2)cc1.F[P-](F)(F)(F)(F)F. The topological polar surface area (TPSA) is 0 Å². The molecule has 0 radical (unpaired) electrons. The molecule has 0 fully saturated rings. The van der Waals surface area contributed by atoms with E-state index in [-0.39, 0.29) is 21.2 Å². The van der Waals surface area contributed by atoms with Crippen LogP contribution in [0.15, 0.2) is 54.6 Å². The molecule has 2 aromatic carbocycles. The average molecular weight is 594 g/mol. The third-order valence-corrected chi connectivity index (χ3v) is 7.37. The van der Waals surface area contributed by atoms with Crippen molar-refractivity contribution < 1.29 is 46.4 Å². The number of aryl methyl sites for hydroxylation is 1. The molecule has 2 aromatic rings. The molecule has 0 unspecified atom stereocenters. The standard InChI is InChI=1S/C24H34I.F6P/c1-2-3-4-5-6-7-8-9-10-12-15-22-18-20-24(21-19-22)25-23-16-13-11-14-17-23;1-7(2,3,4,5)6/h11,13-14,16-21H,2-10,12,15H2,1H3;/q+1;-1. The van der Waals surface area contributed by atoms with Crippen LogP contribution in [-0.2, 0) is 6.42 Å². The minimum absolute atomic E-state index is 0.0144. The van der Waals surface area contributed by atoms with Crippen LogP contribution in [0.1, 0.15) is 76.7 Å². The molecule has 0 aromatic heterocycles. The summed E-state index contributed by atoms with van der Waals surface area (Å²) in [7, 11) is -10.7. The maximum atomic E-state index is 9.87. The van der Waals surface area contributed by atoms with Gasteiger partial charge in [0.05, 0.1) is 0 Å². The number of benzene rings is 2. The molecule has 0 atom stereocenters. The van der Waals surface area contributed by atoms with Gasteiger partial charge in [-0.3, -0.25) is 0 Å². The van der Waals surface area contributed by atoms with Crippen molar-refractivity contribution in [3.63, 3.8) is 0 Å². The van der Waals surface area contributed by atoms with Crippen molar-refractivity contribution in [2.75, 3.05) is 0 Å². The molecule has 0 aliphatic rings. The Hall–Kier alpha value is -0.820. The second-order valence-corrected chi connectivity index (χ2v) is 12.9. The monoisotopic (exact) mass is 594 g/mol. The van der Waals surface area contributed by atoms with E-state index >= 15 is 0 Å². The van der Waals surface area contributed by atoms with Crippen LogP contribution < -0.4 is 21.2 Å². The van der Waals surface area contributed by atoms with Crippen LogP contribution >= 0.6 is 7.81 Å². The van der Waals surface area contributed by atoms with Gasteiger partial charge in [-0.15, -0.1) is 0 Å². The Morgan fingerprint density at radius 3 is 1.44 bits per heavy atom. The van der Waals surface area contributed by atoms with Crippen molar-refractivity contribution in [3.8, 4) is 0 Å². The van der Waals surface area contributed by atoms with Crippen molar-refractivity contribution in [1.29, 1.82) is 0 Å². The van der Waals surface area contributed by atoms with Gasteiger partial charge >= 0.3 is 54.2 Å². The Kier molecular flexibility index (Phi) is 12.0. The Balaban J connectivity index is 0.000000633. The minimum atomic E-state index is -10.7. The summed E-state index contributed by atoms with van der Waals surface area (Å²) < 4.78 is 62.2. The normalized spacial score (nSPS) is 13.6. The van der Waals surface area contributed by atoms with Crippen LogP contribution in [0.4, 0.5) is 25.2 Å². The number of unbranched alkanes of at least 4 members (excludes halogenated alkanes) is 9. The Morgan fingerprint density at radius 2 is 0.969 bits per heavy atom. The second kappa shape index (κ2) is 13.2. The molecule has 0 heterocycles. The number of rotatable bonds is 13. The number of halogens is 7.